The minimum atomic E-state index is -4.51. The number of carbonyl (C=O) groups excluding carboxylic acids is 1. The van der Waals surface area contributed by atoms with E-state index in [1.165, 1.54) is 4.90 Å². The van der Waals surface area contributed by atoms with Gasteiger partial charge in [-0.2, -0.15) is 13.2 Å². The normalized spacial score (nSPS) is 19.0. The minimum Gasteiger partial charge on any atom is -0.398 e. The fraction of sp³-hybridized carbons (Fsp3) is 0.500. The van der Waals surface area contributed by atoms with Crippen molar-refractivity contribution in [3.63, 3.8) is 0 Å². The molecule has 3 N–H and O–H groups in total. The van der Waals surface area contributed by atoms with Gasteiger partial charge in [0, 0.05) is 25.4 Å². The molecule has 1 unspecified atom stereocenters. The van der Waals surface area contributed by atoms with Gasteiger partial charge in [-0.15, -0.1) is 0 Å². The lowest BCUT2D eigenvalue weighted by molar-refractivity contribution is -0.137. The van der Waals surface area contributed by atoms with E-state index in [4.69, 9.17) is 10.8 Å². The lowest BCUT2D eigenvalue weighted by Gasteiger charge is -2.18. The highest BCUT2D eigenvalue weighted by atomic mass is 19.4. The summed E-state index contributed by atoms with van der Waals surface area (Å²) < 4.78 is 38.1. The highest BCUT2D eigenvalue weighted by molar-refractivity contribution is 5.99. The Morgan fingerprint density at radius 2 is 2.14 bits per heavy atom. The van der Waals surface area contributed by atoms with Crippen molar-refractivity contribution >= 4 is 11.6 Å². The number of rotatable bonds is 3. The average Bonchev–Trinajstić information content (AvgIpc) is 2.86. The molecule has 2 rings (SSSR count). The Bertz CT molecular complexity index is 531. The van der Waals surface area contributed by atoms with E-state index in [-0.39, 0.29) is 23.8 Å². The second-order valence-corrected chi connectivity index (χ2v) is 5.22. The molecule has 1 amide bonds. The molecular weight excluding hydrogens is 285 g/mol. The van der Waals surface area contributed by atoms with Crippen molar-refractivity contribution in [3.05, 3.63) is 29.3 Å². The molecule has 1 aliphatic heterocycles. The number of carbonyl (C=O) groups is 1. The standard InChI is InChI=1S/C14H17F3N2O2/c15-14(16,17)10-1-2-12(18)11(7-10)13(21)19-5-3-9(8-19)4-6-20/h1-2,7,9,20H,3-6,8,18H2. The molecule has 4 nitrogen and oxygen atoms in total. The smallest absolute Gasteiger partial charge is 0.398 e. The first-order valence-corrected chi connectivity index (χ1v) is 6.69. The van der Waals surface area contributed by atoms with Crippen LogP contribution in [-0.4, -0.2) is 35.6 Å². The van der Waals surface area contributed by atoms with E-state index < -0.39 is 17.6 Å². The molecule has 0 bridgehead atoms. The molecule has 0 aliphatic carbocycles. The number of aliphatic hydroxyl groups is 1. The number of amides is 1. The largest absolute Gasteiger partial charge is 0.416 e. The summed E-state index contributed by atoms with van der Waals surface area (Å²) >= 11 is 0. The number of hydrogen-bond acceptors (Lipinski definition) is 3. The molecule has 1 saturated heterocycles. The molecule has 1 aromatic carbocycles. The molecule has 0 aromatic heterocycles. The number of halogens is 3. The van der Waals surface area contributed by atoms with Crippen LogP contribution in [0.4, 0.5) is 18.9 Å². The number of nitrogen functional groups attached to an aromatic ring is 1. The van der Waals surface area contributed by atoms with E-state index in [9.17, 15) is 18.0 Å². The van der Waals surface area contributed by atoms with Crippen LogP contribution in [0.25, 0.3) is 0 Å². The number of hydrogen-bond donors (Lipinski definition) is 2. The highest BCUT2D eigenvalue weighted by Crippen LogP contribution is 2.32. The van der Waals surface area contributed by atoms with Crippen molar-refractivity contribution in [1.29, 1.82) is 0 Å². The summed E-state index contributed by atoms with van der Waals surface area (Å²) in [6.45, 7) is 0.951. The van der Waals surface area contributed by atoms with Crippen molar-refractivity contribution in [2.24, 2.45) is 5.92 Å². The van der Waals surface area contributed by atoms with Gasteiger partial charge in [0.15, 0.2) is 0 Å². The topological polar surface area (TPSA) is 66.6 Å². The quantitative estimate of drug-likeness (QED) is 0.841. The van der Waals surface area contributed by atoms with Crippen LogP contribution in [0, 0.1) is 5.92 Å². The third-order valence-corrected chi connectivity index (χ3v) is 3.72. The van der Waals surface area contributed by atoms with E-state index in [0.29, 0.717) is 19.5 Å². The number of likely N-dealkylation sites (tertiary alicyclic amines) is 1. The Hall–Kier alpha value is -1.76. The fourth-order valence-corrected chi connectivity index (χ4v) is 2.52. The number of alkyl halides is 3. The van der Waals surface area contributed by atoms with Gasteiger partial charge in [-0.3, -0.25) is 4.79 Å². The van der Waals surface area contributed by atoms with Crippen molar-refractivity contribution in [2.75, 3.05) is 25.4 Å². The number of nitrogens with zero attached hydrogens (tertiary/aromatic N) is 1. The first-order valence-electron chi connectivity index (χ1n) is 6.69. The van der Waals surface area contributed by atoms with Crippen LogP contribution in [0.1, 0.15) is 28.8 Å². The predicted octanol–water partition coefficient (Wildman–Crippen LogP) is 2.13. The lowest BCUT2D eigenvalue weighted by Crippen LogP contribution is -2.29. The van der Waals surface area contributed by atoms with Crippen LogP contribution >= 0.6 is 0 Å². The molecule has 116 valence electrons. The van der Waals surface area contributed by atoms with Crippen molar-refractivity contribution in [2.45, 2.75) is 19.0 Å². The van der Waals surface area contributed by atoms with Gasteiger partial charge in [0.25, 0.3) is 5.91 Å². The second kappa shape index (κ2) is 5.93. The Labute approximate surface area is 120 Å². The average molecular weight is 302 g/mol. The van der Waals surface area contributed by atoms with Gasteiger partial charge in [0.1, 0.15) is 0 Å². The summed E-state index contributed by atoms with van der Waals surface area (Å²) in [6.07, 6.45) is -3.18. The molecule has 0 radical (unpaired) electrons. The Morgan fingerprint density at radius 3 is 2.76 bits per heavy atom. The van der Waals surface area contributed by atoms with Crippen LogP contribution in [0.15, 0.2) is 18.2 Å². The summed E-state index contributed by atoms with van der Waals surface area (Å²) in [6, 6.07) is 2.78. The maximum atomic E-state index is 12.7. The van der Waals surface area contributed by atoms with Gasteiger partial charge in [-0.1, -0.05) is 0 Å². The molecule has 1 aromatic rings. The lowest BCUT2D eigenvalue weighted by atomic mass is 10.1. The van der Waals surface area contributed by atoms with E-state index in [0.717, 1.165) is 24.6 Å². The zero-order valence-corrected chi connectivity index (χ0v) is 11.4. The summed E-state index contributed by atoms with van der Waals surface area (Å²) in [5.41, 5.74) is 4.68. The third kappa shape index (κ3) is 3.47. The molecule has 7 heteroatoms. The van der Waals surface area contributed by atoms with Crippen LogP contribution < -0.4 is 5.73 Å². The second-order valence-electron chi connectivity index (χ2n) is 5.22. The number of aliphatic hydroxyl groups excluding tert-OH is 1. The Kier molecular flexibility index (Phi) is 4.41. The van der Waals surface area contributed by atoms with Crippen LogP contribution in [0.2, 0.25) is 0 Å². The maximum absolute atomic E-state index is 12.7. The van der Waals surface area contributed by atoms with Gasteiger partial charge >= 0.3 is 6.18 Å². The molecule has 1 heterocycles. The summed E-state index contributed by atoms with van der Waals surface area (Å²) in [7, 11) is 0. The predicted molar refractivity (Wildman–Crippen MR) is 71.6 cm³/mol. The third-order valence-electron chi connectivity index (χ3n) is 3.72. The highest BCUT2D eigenvalue weighted by Gasteiger charge is 2.33. The van der Waals surface area contributed by atoms with E-state index >= 15 is 0 Å². The van der Waals surface area contributed by atoms with Crippen LogP contribution in [0.5, 0.6) is 0 Å². The van der Waals surface area contributed by atoms with Gasteiger partial charge in [-0.25, -0.2) is 0 Å². The molecule has 0 saturated carbocycles. The SMILES string of the molecule is Nc1ccc(C(F)(F)F)cc1C(=O)N1CCC(CCO)C1. The zero-order valence-electron chi connectivity index (χ0n) is 11.4. The van der Waals surface area contributed by atoms with Crippen LogP contribution in [-0.2, 0) is 6.18 Å². The number of benzene rings is 1. The fourth-order valence-electron chi connectivity index (χ4n) is 2.52. The monoisotopic (exact) mass is 302 g/mol. The maximum Gasteiger partial charge on any atom is 0.416 e. The molecule has 1 atom stereocenters. The van der Waals surface area contributed by atoms with Gasteiger partial charge in [0.05, 0.1) is 11.1 Å². The summed E-state index contributed by atoms with van der Waals surface area (Å²) in [5, 5.41) is 8.89. The molecule has 1 aliphatic rings. The Balaban J connectivity index is 2.20. The number of nitrogens with two attached hydrogens (primary N) is 1. The van der Waals surface area contributed by atoms with Gasteiger partial charge in [0.2, 0.25) is 0 Å². The summed E-state index contributed by atoms with van der Waals surface area (Å²) in [5.74, 6) is -0.301. The first-order chi connectivity index (χ1) is 9.82. The number of anilines is 1. The van der Waals surface area contributed by atoms with E-state index in [2.05, 4.69) is 0 Å². The summed E-state index contributed by atoms with van der Waals surface area (Å²) in [4.78, 5) is 13.8. The minimum absolute atomic E-state index is 0.0401. The van der Waals surface area contributed by atoms with E-state index in [1.807, 2.05) is 0 Å². The van der Waals surface area contributed by atoms with Crippen molar-refractivity contribution in [1.82, 2.24) is 4.90 Å². The van der Waals surface area contributed by atoms with Gasteiger partial charge in [-0.05, 0) is 37.0 Å². The van der Waals surface area contributed by atoms with E-state index in [1.54, 1.807) is 0 Å². The van der Waals surface area contributed by atoms with Crippen LogP contribution in [0.3, 0.4) is 0 Å². The van der Waals surface area contributed by atoms with Gasteiger partial charge < -0.3 is 15.7 Å². The molecule has 0 spiro atoms. The van der Waals surface area contributed by atoms with Crippen molar-refractivity contribution in [3.8, 4) is 0 Å². The zero-order chi connectivity index (χ0) is 15.6. The Morgan fingerprint density at radius 1 is 1.43 bits per heavy atom. The molecule has 21 heavy (non-hydrogen) atoms. The first kappa shape index (κ1) is 15.6. The molecule has 1 fully saturated rings. The molecular formula is C14H17F3N2O2. The van der Waals surface area contributed by atoms with Crippen molar-refractivity contribution < 1.29 is 23.1 Å².